The molecular formula is C14H14F2N4O2. The number of rotatable bonds is 5. The van der Waals surface area contributed by atoms with E-state index in [1.54, 1.807) is 6.92 Å². The molecule has 2 amide bonds. The number of amides is 2. The molecule has 0 aliphatic carbocycles. The van der Waals surface area contributed by atoms with Crippen LogP contribution in [0.3, 0.4) is 0 Å². The molecule has 0 aliphatic heterocycles. The second-order valence-corrected chi connectivity index (χ2v) is 4.44. The van der Waals surface area contributed by atoms with Crippen molar-refractivity contribution in [2.75, 3.05) is 11.9 Å². The predicted molar refractivity (Wildman–Crippen MR) is 75.9 cm³/mol. The molecule has 6 nitrogen and oxygen atoms in total. The molecule has 0 aliphatic rings. The summed E-state index contributed by atoms with van der Waals surface area (Å²) >= 11 is 0. The van der Waals surface area contributed by atoms with Gasteiger partial charge in [-0.25, -0.2) is 8.78 Å². The molecule has 116 valence electrons. The van der Waals surface area contributed by atoms with Crippen LogP contribution in [0.1, 0.15) is 13.3 Å². The van der Waals surface area contributed by atoms with Crippen LogP contribution in [0.2, 0.25) is 0 Å². The Balaban J connectivity index is 2.06. The molecule has 0 saturated carbocycles. The molecule has 2 rings (SSSR count). The summed E-state index contributed by atoms with van der Waals surface area (Å²) in [6.07, 6.45) is 0.270. The largest absolute Gasteiger partial charge is 0.347 e. The van der Waals surface area contributed by atoms with E-state index in [4.69, 9.17) is 0 Å². The van der Waals surface area contributed by atoms with Crippen molar-refractivity contribution in [2.24, 2.45) is 0 Å². The number of halogens is 2. The SMILES string of the molecule is CCC(=O)NCC(=O)Nc1cc(-c2c(F)cccc2F)[nH]n1. The van der Waals surface area contributed by atoms with E-state index in [1.165, 1.54) is 12.1 Å². The normalized spacial score (nSPS) is 10.3. The van der Waals surface area contributed by atoms with E-state index in [9.17, 15) is 18.4 Å². The number of benzene rings is 1. The third-order valence-corrected chi connectivity index (χ3v) is 2.84. The van der Waals surface area contributed by atoms with Gasteiger partial charge in [0, 0.05) is 12.5 Å². The van der Waals surface area contributed by atoms with Crippen LogP contribution in [-0.2, 0) is 9.59 Å². The Kier molecular flexibility index (Phi) is 4.82. The van der Waals surface area contributed by atoms with Crippen molar-refractivity contribution < 1.29 is 18.4 Å². The zero-order chi connectivity index (χ0) is 16.1. The van der Waals surface area contributed by atoms with Crippen LogP contribution >= 0.6 is 0 Å². The molecule has 2 aromatic rings. The number of carbonyl (C=O) groups excluding carboxylic acids is 2. The number of H-pyrrole nitrogens is 1. The van der Waals surface area contributed by atoms with Crippen LogP contribution in [-0.4, -0.2) is 28.6 Å². The number of aromatic nitrogens is 2. The summed E-state index contributed by atoms with van der Waals surface area (Å²) in [6, 6.07) is 4.81. The predicted octanol–water partition coefficient (Wildman–Crippen LogP) is 1.82. The molecular weight excluding hydrogens is 294 g/mol. The lowest BCUT2D eigenvalue weighted by Gasteiger charge is -2.03. The van der Waals surface area contributed by atoms with Crippen LogP contribution in [0.5, 0.6) is 0 Å². The molecule has 8 heteroatoms. The van der Waals surface area contributed by atoms with E-state index in [2.05, 4.69) is 20.8 Å². The topological polar surface area (TPSA) is 86.9 Å². The maximum Gasteiger partial charge on any atom is 0.244 e. The Morgan fingerprint density at radius 2 is 1.91 bits per heavy atom. The maximum absolute atomic E-state index is 13.6. The number of nitrogens with zero attached hydrogens (tertiary/aromatic N) is 1. The Bertz CT molecular complexity index is 680. The van der Waals surface area contributed by atoms with Gasteiger partial charge < -0.3 is 10.6 Å². The van der Waals surface area contributed by atoms with Crippen molar-refractivity contribution in [2.45, 2.75) is 13.3 Å². The Morgan fingerprint density at radius 3 is 2.55 bits per heavy atom. The van der Waals surface area contributed by atoms with Crippen LogP contribution in [0.25, 0.3) is 11.3 Å². The average molecular weight is 308 g/mol. The summed E-state index contributed by atoms with van der Waals surface area (Å²) in [6.45, 7) is 1.46. The molecule has 1 aromatic heterocycles. The lowest BCUT2D eigenvalue weighted by Crippen LogP contribution is -2.32. The van der Waals surface area contributed by atoms with Crippen molar-refractivity contribution in [3.05, 3.63) is 35.9 Å². The van der Waals surface area contributed by atoms with Gasteiger partial charge in [-0.2, -0.15) is 5.10 Å². The van der Waals surface area contributed by atoms with E-state index < -0.39 is 17.5 Å². The van der Waals surface area contributed by atoms with Crippen molar-refractivity contribution >= 4 is 17.6 Å². The highest BCUT2D eigenvalue weighted by molar-refractivity contribution is 5.94. The molecule has 0 bridgehead atoms. The fourth-order valence-corrected chi connectivity index (χ4v) is 1.76. The molecule has 0 unspecified atom stereocenters. The summed E-state index contributed by atoms with van der Waals surface area (Å²) in [5.41, 5.74) is -0.154. The quantitative estimate of drug-likeness (QED) is 0.787. The molecule has 3 N–H and O–H groups in total. The lowest BCUT2D eigenvalue weighted by atomic mass is 10.1. The van der Waals surface area contributed by atoms with E-state index >= 15 is 0 Å². The fourth-order valence-electron chi connectivity index (χ4n) is 1.76. The number of hydrogen-bond donors (Lipinski definition) is 3. The van der Waals surface area contributed by atoms with Gasteiger partial charge in [-0.3, -0.25) is 14.7 Å². The number of anilines is 1. The average Bonchev–Trinajstić information content (AvgIpc) is 2.92. The first-order valence-electron chi connectivity index (χ1n) is 6.57. The molecule has 0 fully saturated rings. The molecule has 0 radical (unpaired) electrons. The number of aromatic amines is 1. The van der Waals surface area contributed by atoms with Gasteiger partial charge in [0.2, 0.25) is 11.8 Å². The van der Waals surface area contributed by atoms with Crippen LogP contribution in [0.15, 0.2) is 24.3 Å². The van der Waals surface area contributed by atoms with Crippen molar-refractivity contribution in [1.82, 2.24) is 15.5 Å². The van der Waals surface area contributed by atoms with Crippen LogP contribution in [0, 0.1) is 11.6 Å². The molecule has 1 aromatic carbocycles. The van der Waals surface area contributed by atoms with Gasteiger partial charge in [-0.15, -0.1) is 0 Å². The van der Waals surface area contributed by atoms with Crippen molar-refractivity contribution in [3.8, 4) is 11.3 Å². The summed E-state index contributed by atoms with van der Waals surface area (Å²) in [7, 11) is 0. The van der Waals surface area contributed by atoms with Gasteiger partial charge in [0.15, 0.2) is 5.82 Å². The zero-order valence-electron chi connectivity index (χ0n) is 11.7. The number of carbonyl (C=O) groups is 2. The van der Waals surface area contributed by atoms with Gasteiger partial charge in [0.25, 0.3) is 0 Å². The highest BCUT2D eigenvalue weighted by Gasteiger charge is 2.14. The molecule has 0 atom stereocenters. The van der Waals surface area contributed by atoms with E-state index in [-0.39, 0.29) is 35.9 Å². The monoisotopic (exact) mass is 308 g/mol. The molecule has 22 heavy (non-hydrogen) atoms. The van der Waals surface area contributed by atoms with Gasteiger partial charge in [0.05, 0.1) is 17.8 Å². The first kappa shape index (κ1) is 15.6. The van der Waals surface area contributed by atoms with E-state index in [0.717, 1.165) is 12.1 Å². The van der Waals surface area contributed by atoms with E-state index in [1.807, 2.05) is 0 Å². The molecule has 0 spiro atoms. The van der Waals surface area contributed by atoms with Gasteiger partial charge in [-0.1, -0.05) is 13.0 Å². The summed E-state index contributed by atoms with van der Waals surface area (Å²) in [4.78, 5) is 22.6. The first-order valence-corrected chi connectivity index (χ1v) is 6.57. The van der Waals surface area contributed by atoms with Gasteiger partial charge in [-0.05, 0) is 12.1 Å². The minimum atomic E-state index is -0.739. The van der Waals surface area contributed by atoms with Crippen molar-refractivity contribution in [1.29, 1.82) is 0 Å². The number of nitrogens with one attached hydrogen (secondary N) is 3. The summed E-state index contributed by atoms with van der Waals surface area (Å²) in [5.74, 6) is -2.12. The lowest BCUT2D eigenvalue weighted by molar-refractivity contribution is -0.123. The molecule has 1 heterocycles. The standard InChI is InChI=1S/C14H14F2N4O2/c1-2-12(21)17-7-13(22)18-11-6-10(19-20-11)14-8(15)4-3-5-9(14)16/h3-6H,2,7H2,1H3,(H,17,21)(H2,18,19,20,22). The van der Waals surface area contributed by atoms with E-state index in [0.29, 0.717) is 0 Å². The van der Waals surface area contributed by atoms with Crippen molar-refractivity contribution in [3.63, 3.8) is 0 Å². The van der Waals surface area contributed by atoms with Gasteiger partial charge in [0.1, 0.15) is 11.6 Å². The summed E-state index contributed by atoms with van der Waals surface area (Å²) < 4.78 is 27.3. The third-order valence-electron chi connectivity index (χ3n) is 2.84. The fraction of sp³-hybridized carbons (Fsp3) is 0.214. The Hall–Kier alpha value is -2.77. The minimum absolute atomic E-state index is 0.100. The number of hydrogen-bond acceptors (Lipinski definition) is 3. The summed E-state index contributed by atoms with van der Waals surface area (Å²) in [5, 5.41) is 11.0. The Labute approximate surface area is 124 Å². The zero-order valence-corrected chi connectivity index (χ0v) is 11.7. The smallest absolute Gasteiger partial charge is 0.244 e. The van der Waals surface area contributed by atoms with Gasteiger partial charge >= 0.3 is 0 Å². The Morgan fingerprint density at radius 1 is 1.23 bits per heavy atom. The highest BCUT2D eigenvalue weighted by atomic mass is 19.1. The highest BCUT2D eigenvalue weighted by Crippen LogP contribution is 2.25. The maximum atomic E-state index is 13.6. The van der Waals surface area contributed by atoms with Crippen LogP contribution < -0.4 is 10.6 Å². The second-order valence-electron chi connectivity index (χ2n) is 4.44. The second kappa shape index (κ2) is 6.79. The first-order chi connectivity index (χ1) is 10.5. The third kappa shape index (κ3) is 3.66. The van der Waals surface area contributed by atoms with Crippen LogP contribution in [0.4, 0.5) is 14.6 Å². The minimum Gasteiger partial charge on any atom is -0.347 e. The molecule has 0 saturated heterocycles.